The van der Waals surface area contributed by atoms with Crippen LogP contribution in [-0.2, 0) is 17.6 Å². The molecule has 124 valence electrons. The van der Waals surface area contributed by atoms with Gasteiger partial charge in [-0.25, -0.2) is 0 Å². The van der Waals surface area contributed by atoms with E-state index in [-0.39, 0.29) is 11.7 Å². The van der Waals surface area contributed by atoms with Crippen LogP contribution in [0.15, 0.2) is 29.4 Å². The highest BCUT2D eigenvalue weighted by atomic mass is 32.2. The second-order valence-corrected chi connectivity index (χ2v) is 7.97. The molecule has 2 aromatic rings. The first kappa shape index (κ1) is 16.8. The lowest BCUT2D eigenvalue weighted by Gasteiger charge is -2.17. The van der Waals surface area contributed by atoms with E-state index in [0.717, 1.165) is 29.6 Å². The number of nitrogens with one attached hydrogen (secondary N) is 1. The highest BCUT2D eigenvalue weighted by Crippen LogP contribution is 2.39. The molecule has 0 spiro atoms. The predicted molar refractivity (Wildman–Crippen MR) is 95.0 cm³/mol. The van der Waals surface area contributed by atoms with Gasteiger partial charge in [0.25, 0.3) is 5.03 Å². The number of aromatic nitrogens is 1. The van der Waals surface area contributed by atoms with Crippen LogP contribution in [0.2, 0.25) is 0 Å². The maximum absolute atomic E-state index is 12.2. The summed E-state index contributed by atoms with van der Waals surface area (Å²) in [5, 5.41) is 25.0. The molecule has 24 heavy (non-hydrogen) atoms. The second-order valence-electron chi connectivity index (χ2n) is 5.87. The number of carbonyl (C=O) groups is 1. The van der Waals surface area contributed by atoms with Crippen molar-refractivity contribution in [2.45, 2.75) is 31.2 Å². The molecular formula is C17H17N3O2S2. The van der Waals surface area contributed by atoms with Gasteiger partial charge in [0.15, 0.2) is 6.20 Å². The summed E-state index contributed by atoms with van der Waals surface area (Å²) in [4.78, 5) is 13.4. The third-order valence-corrected chi connectivity index (χ3v) is 6.20. The molecule has 0 radical (unpaired) electrons. The zero-order chi connectivity index (χ0) is 17.1. The summed E-state index contributed by atoms with van der Waals surface area (Å²) in [6, 6.07) is 7.33. The quantitative estimate of drug-likeness (QED) is 0.517. The molecule has 0 aliphatic heterocycles. The number of thiophene rings is 1. The van der Waals surface area contributed by atoms with Crippen LogP contribution in [0, 0.1) is 22.5 Å². The standard InChI is InChI=1S/C17H17N3O2S2/c1-11-5-6-12-13(9-18)17(24-14(12)8-11)19-15(21)10-23-16-4-2-3-7-20(16)22/h2-4,7,11H,5-6,8,10H2,1H3,(H,19,21)/t11-/m0/s1. The van der Waals surface area contributed by atoms with Crippen LogP contribution in [0.5, 0.6) is 0 Å². The highest BCUT2D eigenvalue weighted by Gasteiger charge is 2.24. The molecule has 0 unspecified atom stereocenters. The zero-order valence-electron chi connectivity index (χ0n) is 13.2. The van der Waals surface area contributed by atoms with Gasteiger partial charge in [-0.2, -0.15) is 9.99 Å². The van der Waals surface area contributed by atoms with Gasteiger partial charge in [0.2, 0.25) is 5.91 Å². The minimum Gasteiger partial charge on any atom is -0.618 e. The Kier molecular flexibility index (Phi) is 5.07. The Morgan fingerprint density at radius 3 is 3.17 bits per heavy atom. The number of rotatable bonds is 4. The van der Waals surface area contributed by atoms with Gasteiger partial charge in [0.1, 0.15) is 11.1 Å². The number of pyridine rings is 1. The Bertz CT molecular complexity index is 811. The van der Waals surface area contributed by atoms with Crippen LogP contribution >= 0.6 is 23.1 Å². The molecule has 1 amide bonds. The molecule has 7 heteroatoms. The van der Waals surface area contributed by atoms with Gasteiger partial charge >= 0.3 is 0 Å². The molecule has 1 aliphatic carbocycles. The van der Waals surface area contributed by atoms with Gasteiger partial charge in [-0.1, -0.05) is 6.92 Å². The van der Waals surface area contributed by atoms with Gasteiger partial charge in [0.05, 0.1) is 11.3 Å². The number of nitriles is 1. The number of thioether (sulfide) groups is 1. The van der Waals surface area contributed by atoms with E-state index in [9.17, 15) is 15.3 Å². The maximum Gasteiger partial charge on any atom is 0.251 e. The van der Waals surface area contributed by atoms with Crippen LogP contribution in [0.1, 0.15) is 29.3 Å². The zero-order valence-corrected chi connectivity index (χ0v) is 14.9. The highest BCUT2D eigenvalue weighted by molar-refractivity contribution is 7.99. The van der Waals surface area contributed by atoms with E-state index < -0.39 is 0 Å². The summed E-state index contributed by atoms with van der Waals surface area (Å²) < 4.78 is 0.740. The predicted octanol–water partition coefficient (Wildman–Crippen LogP) is 3.11. The average molecular weight is 359 g/mol. The molecule has 0 saturated heterocycles. The molecule has 0 bridgehead atoms. The van der Waals surface area contributed by atoms with Crippen molar-refractivity contribution in [3.63, 3.8) is 0 Å². The van der Waals surface area contributed by atoms with Crippen LogP contribution in [0.4, 0.5) is 5.00 Å². The van der Waals surface area contributed by atoms with Gasteiger partial charge in [-0.3, -0.25) is 4.79 Å². The van der Waals surface area contributed by atoms with E-state index in [1.165, 1.54) is 34.2 Å². The largest absolute Gasteiger partial charge is 0.618 e. The lowest BCUT2D eigenvalue weighted by molar-refractivity contribution is -0.645. The molecule has 3 rings (SSSR count). The first-order valence-electron chi connectivity index (χ1n) is 7.74. The van der Waals surface area contributed by atoms with Crippen molar-refractivity contribution in [3.05, 3.63) is 45.6 Å². The number of nitrogens with zero attached hydrogens (tertiary/aromatic N) is 2. The summed E-state index contributed by atoms with van der Waals surface area (Å²) in [5.74, 6) is 0.551. The SMILES string of the molecule is C[C@H]1CCc2c(sc(NC(=O)CSc3cccc[n+]3[O-])c2C#N)C1. The number of hydrogen-bond donors (Lipinski definition) is 1. The number of amides is 1. The fourth-order valence-electron chi connectivity index (χ4n) is 2.78. The summed E-state index contributed by atoms with van der Waals surface area (Å²) >= 11 is 2.70. The number of hydrogen-bond acceptors (Lipinski definition) is 5. The van der Waals surface area contributed by atoms with E-state index in [1.807, 2.05) is 0 Å². The van der Waals surface area contributed by atoms with Crippen molar-refractivity contribution in [2.24, 2.45) is 5.92 Å². The first-order valence-corrected chi connectivity index (χ1v) is 9.54. The number of carbonyl (C=O) groups excluding carboxylic acids is 1. The fourth-order valence-corrected chi connectivity index (χ4v) is 4.88. The lowest BCUT2D eigenvalue weighted by Crippen LogP contribution is -2.28. The number of anilines is 1. The molecule has 1 aliphatic rings. The molecule has 5 nitrogen and oxygen atoms in total. The van der Waals surface area contributed by atoms with Gasteiger partial charge in [-0.05, 0) is 48.6 Å². The van der Waals surface area contributed by atoms with Gasteiger partial charge in [-0.15, -0.1) is 11.3 Å². The molecule has 1 atom stereocenters. The summed E-state index contributed by atoms with van der Waals surface area (Å²) in [6.07, 6.45) is 4.36. The maximum atomic E-state index is 12.2. The van der Waals surface area contributed by atoms with E-state index in [0.29, 0.717) is 21.5 Å². The normalized spacial score (nSPS) is 16.2. The minimum atomic E-state index is -0.202. The second kappa shape index (κ2) is 7.24. The van der Waals surface area contributed by atoms with Crippen molar-refractivity contribution >= 4 is 34.0 Å². The average Bonchev–Trinajstić information content (AvgIpc) is 2.90. The van der Waals surface area contributed by atoms with Gasteiger partial charge < -0.3 is 10.5 Å². The molecular weight excluding hydrogens is 342 g/mol. The van der Waals surface area contributed by atoms with Crippen molar-refractivity contribution in [2.75, 3.05) is 11.1 Å². The van der Waals surface area contributed by atoms with E-state index in [4.69, 9.17) is 0 Å². The Morgan fingerprint density at radius 1 is 1.58 bits per heavy atom. The summed E-state index contributed by atoms with van der Waals surface area (Å²) in [7, 11) is 0. The Morgan fingerprint density at radius 2 is 2.42 bits per heavy atom. The lowest BCUT2D eigenvalue weighted by atomic mass is 9.89. The topological polar surface area (TPSA) is 79.8 Å². The minimum absolute atomic E-state index is 0.135. The van der Waals surface area contributed by atoms with Crippen LogP contribution < -0.4 is 10.0 Å². The monoisotopic (exact) mass is 359 g/mol. The Balaban J connectivity index is 1.69. The van der Waals surface area contributed by atoms with Crippen molar-refractivity contribution in [1.82, 2.24) is 0 Å². The fraction of sp³-hybridized carbons (Fsp3) is 0.353. The van der Waals surface area contributed by atoms with E-state index >= 15 is 0 Å². The molecule has 0 fully saturated rings. The third kappa shape index (κ3) is 3.55. The summed E-state index contributed by atoms with van der Waals surface area (Å²) in [5.41, 5.74) is 1.71. The molecule has 0 saturated carbocycles. The number of fused-ring (bicyclic) bond motifs is 1. The smallest absolute Gasteiger partial charge is 0.251 e. The van der Waals surface area contributed by atoms with E-state index in [2.05, 4.69) is 18.3 Å². The van der Waals surface area contributed by atoms with E-state index in [1.54, 1.807) is 18.2 Å². The van der Waals surface area contributed by atoms with Crippen molar-refractivity contribution in [1.29, 1.82) is 5.26 Å². The van der Waals surface area contributed by atoms with Crippen molar-refractivity contribution < 1.29 is 9.52 Å². The van der Waals surface area contributed by atoms with Crippen LogP contribution in [0.25, 0.3) is 0 Å². The molecule has 2 heterocycles. The third-order valence-electron chi connectivity index (χ3n) is 4.02. The Hall–Kier alpha value is -2.04. The summed E-state index contributed by atoms with van der Waals surface area (Å²) in [6.45, 7) is 2.21. The van der Waals surface area contributed by atoms with Crippen LogP contribution in [0.3, 0.4) is 0 Å². The Labute approximate surface area is 148 Å². The molecule has 0 aromatic carbocycles. The first-order chi connectivity index (χ1) is 11.6. The van der Waals surface area contributed by atoms with Crippen LogP contribution in [-0.4, -0.2) is 11.7 Å². The molecule has 1 N–H and O–H groups in total. The molecule has 2 aromatic heterocycles. The van der Waals surface area contributed by atoms with Crippen molar-refractivity contribution in [3.8, 4) is 6.07 Å². The van der Waals surface area contributed by atoms with Gasteiger partial charge in [0, 0.05) is 17.0 Å².